The molecule has 1 aliphatic rings. The van der Waals surface area contributed by atoms with Crippen LogP contribution < -0.4 is 4.90 Å². The molecule has 0 fully saturated rings. The number of carboxylic acid groups (broad SMARTS) is 1. The van der Waals surface area contributed by atoms with Crippen molar-refractivity contribution in [1.82, 2.24) is 0 Å². The molecule has 9 heteroatoms. The van der Waals surface area contributed by atoms with E-state index >= 15 is 0 Å². The van der Waals surface area contributed by atoms with Gasteiger partial charge in [0.2, 0.25) is 0 Å². The van der Waals surface area contributed by atoms with Crippen LogP contribution in [-0.4, -0.2) is 21.7 Å². The Hall–Kier alpha value is -2.74. The lowest BCUT2D eigenvalue weighted by atomic mass is 9.92. The summed E-state index contributed by atoms with van der Waals surface area (Å²) in [6, 6.07) is 6.62. The number of halogens is 5. The van der Waals surface area contributed by atoms with Crippen molar-refractivity contribution in [2.75, 3.05) is 4.90 Å². The second kappa shape index (κ2) is 7.01. The van der Waals surface area contributed by atoms with Crippen LogP contribution in [0.4, 0.5) is 23.2 Å². The summed E-state index contributed by atoms with van der Waals surface area (Å²) >= 11 is 6.31. The zero-order chi connectivity index (χ0) is 20.8. The van der Waals surface area contributed by atoms with Gasteiger partial charge in [0.05, 0.1) is 11.1 Å². The highest BCUT2D eigenvalue weighted by atomic mass is 35.5. The molecule has 0 spiro atoms. The van der Waals surface area contributed by atoms with Crippen molar-refractivity contribution in [3.05, 3.63) is 64.5 Å². The molecule has 0 bridgehead atoms. The Kier molecular flexibility index (Phi) is 5.01. The molecule has 2 aromatic carbocycles. The first kappa shape index (κ1) is 20.0. The highest BCUT2D eigenvalue weighted by molar-refractivity contribution is 6.28. The number of alkyl halides is 4. The van der Waals surface area contributed by atoms with Gasteiger partial charge in [0.15, 0.2) is 11.6 Å². The molecule has 1 heterocycles. The van der Waals surface area contributed by atoms with E-state index in [-0.39, 0.29) is 34.5 Å². The normalized spacial score (nSPS) is 16.9. The van der Waals surface area contributed by atoms with Gasteiger partial charge in [-0.15, -0.1) is 0 Å². The highest BCUT2D eigenvalue weighted by Crippen LogP contribution is 2.43. The van der Waals surface area contributed by atoms with Crippen molar-refractivity contribution < 1.29 is 32.6 Å². The molecule has 3 rings (SSSR count). The summed E-state index contributed by atoms with van der Waals surface area (Å²) in [4.78, 5) is 12.9. The number of aliphatic carboxylic acids is 1. The summed E-state index contributed by atoms with van der Waals surface area (Å²) in [7, 11) is 0. The van der Waals surface area contributed by atoms with Gasteiger partial charge in [-0.25, -0.2) is 9.18 Å². The summed E-state index contributed by atoms with van der Waals surface area (Å²) in [5, 5.41) is 19.4. The Bertz CT molecular complexity index is 988. The number of phenols is 1. The molecular weight excluding hydrogens is 402 g/mol. The number of hydrogen-bond acceptors (Lipinski definition) is 3. The van der Waals surface area contributed by atoms with Crippen molar-refractivity contribution in [2.24, 2.45) is 0 Å². The zero-order valence-corrected chi connectivity index (χ0v) is 15.1. The van der Waals surface area contributed by atoms with Crippen LogP contribution >= 0.6 is 11.6 Å². The number of hydrogen-bond donors (Lipinski definition) is 2. The second-order valence-electron chi connectivity index (χ2n) is 6.28. The van der Waals surface area contributed by atoms with Crippen molar-refractivity contribution in [3.8, 4) is 5.75 Å². The molecule has 148 valence electrons. The molecule has 1 atom stereocenters. The van der Waals surface area contributed by atoms with Crippen LogP contribution in [0.2, 0.25) is 0 Å². The topological polar surface area (TPSA) is 60.8 Å². The fraction of sp³-hybridized carbons (Fsp3) is 0.211. The average molecular weight is 416 g/mol. The predicted octanol–water partition coefficient (Wildman–Crippen LogP) is 4.99. The van der Waals surface area contributed by atoms with Crippen LogP contribution in [0.1, 0.15) is 23.6 Å². The van der Waals surface area contributed by atoms with Crippen LogP contribution in [0.5, 0.6) is 5.75 Å². The van der Waals surface area contributed by atoms with Crippen LogP contribution in [0.3, 0.4) is 0 Å². The lowest BCUT2D eigenvalue weighted by Gasteiger charge is -2.37. The molecule has 28 heavy (non-hydrogen) atoms. The summed E-state index contributed by atoms with van der Waals surface area (Å²) in [5.74, 6) is -2.91. The molecule has 2 N–H and O–H groups in total. The van der Waals surface area contributed by atoms with E-state index < -0.39 is 34.8 Å². The molecule has 0 amide bonds. The molecule has 1 unspecified atom stereocenters. The first-order chi connectivity index (χ1) is 13.0. The van der Waals surface area contributed by atoms with E-state index in [4.69, 9.17) is 11.6 Å². The van der Waals surface area contributed by atoms with E-state index in [1.165, 1.54) is 30.0 Å². The number of benzene rings is 2. The lowest BCUT2D eigenvalue weighted by Crippen LogP contribution is -2.38. The maximum atomic E-state index is 13.7. The van der Waals surface area contributed by atoms with Crippen LogP contribution in [0.15, 0.2) is 42.0 Å². The smallest absolute Gasteiger partial charge is 0.416 e. The zero-order valence-electron chi connectivity index (χ0n) is 14.4. The fourth-order valence-electron chi connectivity index (χ4n) is 3.16. The van der Waals surface area contributed by atoms with Gasteiger partial charge in [-0.3, -0.25) is 0 Å². The number of carboxylic acids is 1. The SMILES string of the molecule is CC1=C(C(=O)O)C(Cl)N(Cc2cccc(F)c2O)c2cc(C(F)(F)F)ccc21. The first-order valence-corrected chi connectivity index (χ1v) is 8.48. The number of rotatable bonds is 3. The van der Waals surface area contributed by atoms with E-state index in [9.17, 15) is 32.6 Å². The summed E-state index contributed by atoms with van der Waals surface area (Å²) < 4.78 is 53.2. The van der Waals surface area contributed by atoms with Gasteiger partial charge in [0.25, 0.3) is 0 Å². The number of carbonyl (C=O) groups is 1. The van der Waals surface area contributed by atoms with E-state index in [0.29, 0.717) is 0 Å². The quantitative estimate of drug-likeness (QED) is 0.421. The van der Waals surface area contributed by atoms with E-state index in [2.05, 4.69) is 0 Å². The number of anilines is 1. The fourth-order valence-corrected chi connectivity index (χ4v) is 3.59. The minimum Gasteiger partial charge on any atom is -0.505 e. The summed E-state index contributed by atoms with van der Waals surface area (Å²) in [6.45, 7) is 1.16. The highest BCUT2D eigenvalue weighted by Gasteiger charge is 2.37. The molecular formula is C19H14ClF4NO3. The number of phenolic OH excluding ortho intramolecular Hbond substituents is 1. The molecule has 4 nitrogen and oxygen atoms in total. The van der Waals surface area contributed by atoms with Crippen molar-refractivity contribution >= 4 is 28.8 Å². The largest absolute Gasteiger partial charge is 0.505 e. The predicted molar refractivity (Wildman–Crippen MR) is 95.6 cm³/mol. The minimum atomic E-state index is -4.62. The van der Waals surface area contributed by atoms with Gasteiger partial charge in [-0.05, 0) is 30.7 Å². The van der Waals surface area contributed by atoms with Gasteiger partial charge in [-0.1, -0.05) is 29.8 Å². The number of para-hydroxylation sites is 1. The average Bonchev–Trinajstić information content (AvgIpc) is 2.60. The second-order valence-corrected chi connectivity index (χ2v) is 6.70. The Morgan fingerprint density at radius 2 is 1.93 bits per heavy atom. The van der Waals surface area contributed by atoms with Gasteiger partial charge >= 0.3 is 12.1 Å². The van der Waals surface area contributed by atoms with E-state index in [1.807, 2.05) is 0 Å². The third kappa shape index (κ3) is 3.40. The Balaban J connectivity index is 2.19. The number of allylic oxidation sites excluding steroid dienone is 1. The molecule has 0 saturated heterocycles. The minimum absolute atomic E-state index is 0.0426. The maximum absolute atomic E-state index is 13.7. The van der Waals surface area contributed by atoms with Crippen molar-refractivity contribution in [3.63, 3.8) is 0 Å². The number of fused-ring (bicyclic) bond motifs is 1. The van der Waals surface area contributed by atoms with Gasteiger partial charge in [-0.2, -0.15) is 13.2 Å². The van der Waals surface area contributed by atoms with Gasteiger partial charge in [0, 0.05) is 23.4 Å². The molecule has 0 aromatic heterocycles. The van der Waals surface area contributed by atoms with E-state index in [0.717, 1.165) is 18.2 Å². The molecule has 0 radical (unpaired) electrons. The van der Waals surface area contributed by atoms with E-state index in [1.54, 1.807) is 0 Å². The lowest BCUT2D eigenvalue weighted by molar-refractivity contribution is -0.137. The Morgan fingerprint density at radius 1 is 1.25 bits per heavy atom. The van der Waals surface area contributed by atoms with Crippen LogP contribution in [-0.2, 0) is 17.5 Å². The summed E-state index contributed by atoms with van der Waals surface area (Å²) in [5.41, 5.74) is -1.87. The first-order valence-electron chi connectivity index (χ1n) is 8.05. The van der Waals surface area contributed by atoms with Crippen LogP contribution in [0.25, 0.3) is 5.57 Å². The molecule has 0 aliphatic carbocycles. The third-order valence-corrected chi connectivity index (χ3v) is 5.05. The Labute approximate surface area is 162 Å². The summed E-state index contributed by atoms with van der Waals surface area (Å²) in [6.07, 6.45) is -4.62. The third-order valence-electron chi connectivity index (χ3n) is 4.60. The van der Waals surface area contributed by atoms with Crippen molar-refractivity contribution in [2.45, 2.75) is 25.1 Å². The molecule has 0 saturated carbocycles. The maximum Gasteiger partial charge on any atom is 0.416 e. The number of aromatic hydroxyl groups is 1. The Morgan fingerprint density at radius 3 is 2.54 bits per heavy atom. The van der Waals surface area contributed by atoms with Crippen LogP contribution in [0, 0.1) is 5.82 Å². The molecule has 2 aromatic rings. The van der Waals surface area contributed by atoms with Gasteiger partial charge in [0.1, 0.15) is 5.50 Å². The monoisotopic (exact) mass is 415 g/mol. The molecule has 1 aliphatic heterocycles. The van der Waals surface area contributed by atoms with Gasteiger partial charge < -0.3 is 15.1 Å². The standard InChI is InChI=1S/C19H14ClF4NO3/c1-9-12-6-5-11(19(22,23)24)7-14(12)25(17(20)15(9)18(27)28)8-10-3-2-4-13(21)16(10)26/h2-7,17,26H,8H2,1H3,(H,27,28). The van der Waals surface area contributed by atoms with Crippen molar-refractivity contribution in [1.29, 1.82) is 0 Å². The number of nitrogens with zero attached hydrogens (tertiary/aromatic N) is 1.